The van der Waals surface area contributed by atoms with Crippen LogP contribution in [0.4, 0.5) is 10.2 Å². The summed E-state index contributed by atoms with van der Waals surface area (Å²) in [7, 11) is 2.13. The summed E-state index contributed by atoms with van der Waals surface area (Å²) in [6.07, 6.45) is 2.12. The highest BCUT2D eigenvalue weighted by atomic mass is 19.1. The number of ketones is 2. The van der Waals surface area contributed by atoms with E-state index in [-0.39, 0.29) is 67.9 Å². The minimum absolute atomic E-state index is 0.0143. The van der Waals surface area contributed by atoms with Gasteiger partial charge in [-0.05, 0) is 89.9 Å². The number of anilines is 1. The molecular weight excluding hydrogens is 788 g/mol. The van der Waals surface area contributed by atoms with Crippen LogP contribution in [0.3, 0.4) is 0 Å². The van der Waals surface area contributed by atoms with E-state index in [1.165, 1.54) is 6.07 Å². The molecule has 0 saturated carbocycles. The molecule has 0 aliphatic carbocycles. The summed E-state index contributed by atoms with van der Waals surface area (Å²) in [6, 6.07) is 20.8. The number of hydrogen-bond acceptors (Lipinski definition) is 11. The normalized spacial score (nSPS) is 15.7. The molecule has 0 N–H and O–H groups in total. The highest BCUT2D eigenvalue weighted by Gasteiger charge is 2.36. The number of pyridine rings is 1. The van der Waals surface area contributed by atoms with Crippen molar-refractivity contribution in [3.8, 4) is 5.75 Å². The van der Waals surface area contributed by atoms with Gasteiger partial charge in [-0.15, -0.1) is 6.58 Å². The number of piperazine rings is 1. The van der Waals surface area contributed by atoms with Gasteiger partial charge in [-0.2, -0.15) is 0 Å². The summed E-state index contributed by atoms with van der Waals surface area (Å²) in [5, 5.41) is 0. The smallest absolute Gasteiger partial charge is 0.226 e. The van der Waals surface area contributed by atoms with Gasteiger partial charge < -0.3 is 28.9 Å². The topological polar surface area (TPSA) is 108 Å². The van der Waals surface area contributed by atoms with E-state index in [1.807, 2.05) is 94.1 Å². The standard InChI is InChI=1S/C49H69FN6O6/c1-8-24-53(34-42(57)20-16-37-14-12-11-13-15-37)35-43(58)30-39(29-38-17-21-44(22-18-38)62-49(4,5)6)48(59)56(36-46(60-9-2)61-10-3)31-40-19-23-45(50)47(51-40)55-32-41(33-55)54-27-25-52(7)26-28-54/h8,11-15,17-19,21-23,39,41,46H,1,9-10,16,20,24-36H2,2-7H3/t39-/m1/s1. The van der Waals surface area contributed by atoms with Crippen LogP contribution in [0.15, 0.2) is 79.4 Å². The summed E-state index contributed by atoms with van der Waals surface area (Å²) >= 11 is 0. The van der Waals surface area contributed by atoms with Gasteiger partial charge in [0.2, 0.25) is 5.91 Å². The van der Waals surface area contributed by atoms with Crippen LogP contribution in [0.25, 0.3) is 0 Å². The third-order valence-corrected chi connectivity index (χ3v) is 11.2. The zero-order chi connectivity index (χ0) is 44.6. The molecule has 1 aromatic heterocycles. The SMILES string of the molecule is C=CCN(CC(=O)CCc1ccccc1)CC(=O)C[C@@H](Cc1ccc(OC(C)(C)C)cc1)C(=O)N(Cc1ccc(F)c(N2CC(N3CCN(C)CC3)C2)n1)CC(OCC)OCC. The molecular formula is C49H69FN6O6. The number of carbonyl (C=O) groups excluding carboxylic acids is 3. The number of likely N-dealkylation sites (N-methyl/N-ethyl adjacent to an activating group) is 1. The van der Waals surface area contributed by atoms with E-state index in [0.717, 1.165) is 37.3 Å². The second-order valence-corrected chi connectivity index (χ2v) is 17.5. The van der Waals surface area contributed by atoms with Crippen molar-refractivity contribution in [2.45, 2.75) is 84.8 Å². The van der Waals surface area contributed by atoms with E-state index >= 15 is 9.18 Å². The second-order valence-electron chi connectivity index (χ2n) is 17.5. The molecule has 2 aliphatic rings. The van der Waals surface area contributed by atoms with Crippen LogP contribution in [0.2, 0.25) is 0 Å². The lowest BCUT2D eigenvalue weighted by Gasteiger charge is -2.48. The molecule has 3 heterocycles. The molecule has 5 rings (SSSR count). The van der Waals surface area contributed by atoms with E-state index in [4.69, 9.17) is 19.2 Å². The lowest BCUT2D eigenvalue weighted by Crippen LogP contribution is -2.63. The van der Waals surface area contributed by atoms with Crippen LogP contribution >= 0.6 is 0 Å². The average Bonchev–Trinajstić information content (AvgIpc) is 3.21. The Bertz CT molecular complexity index is 1870. The molecule has 1 atom stereocenters. The predicted molar refractivity (Wildman–Crippen MR) is 242 cm³/mol. The number of benzene rings is 2. The Balaban J connectivity index is 1.37. The Kier molecular flexibility index (Phi) is 18.6. The fourth-order valence-electron chi connectivity index (χ4n) is 8.01. The van der Waals surface area contributed by atoms with Crippen molar-refractivity contribution in [3.05, 3.63) is 102 Å². The van der Waals surface area contributed by atoms with E-state index in [0.29, 0.717) is 63.2 Å². The maximum absolute atomic E-state index is 15.4. The van der Waals surface area contributed by atoms with Crippen molar-refractivity contribution in [3.63, 3.8) is 0 Å². The lowest BCUT2D eigenvalue weighted by atomic mass is 9.92. The Hall–Kier alpha value is -4.53. The van der Waals surface area contributed by atoms with Crippen molar-refractivity contribution in [2.75, 3.05) is 90.6 Å². The first kappa shape index (κ1) is 48.5. The maximum atomic E-state index is 15.4. The van der Waals surface area contributed by atoms with Gasteiger partial charge in [0, 0.05) is 83.8 Å². The number of amides is 1. The van der Waals surface area contributed by atoms with Gasteiger partial charge in [0.05, 0.1) is 31.9 Å². The van der Waals surface area contributed by atoms with Crippen molar-refractivity contribution in [1.29, 1.82) is 0 Å². The summed E-state index contributed by atoms with van der Waals surface area (Å²) in [5.41, 5.74) is 2.07. The molecule has 2 aromatic carbocycles. The summed E-state index contributed by atoms with van der Waals surface area (Å²) in [4.78, 5) is 57.2. The predicted octanol–water partition coefficient (Wildman–Crippen LogP) is 6.07. The molecule has 3 aromatic rings. The Morgan fingerprint density at radius 3 is 2.19 bits per heavy atom. The van der Waals surface area contributed by atoms with Crippen molar-refractivity contribution in [2.24, 2.45) is 5.92 Å². The number of rotatable bonds is 25. The van der Waals surface area contributed by atoms with Gasteiger partial charge in [0.25, 0.3) is 0 Å². The van der Waals surface area contributed by atoms with Crippen LogP contribution in [-0.2, 0) is 43.2 Å². The molecule has 13 heteroatoms. The minimum atomic E-state index is -0.778. The molecule has 12 nitrogen and oxygen atoms in total. The Labute approximate surface area is 369 Å². The second kappa shape index (κ2) is 23.8. The monoisotopic (exact) mass is 857 g/mol. The maximum Gasteiger partial charge on any atom is 0.226 e. The molecule has 2 saturated heterocycles. The van der Waals surface area contributed by atoms with Gasteiger partial charge in [-0.25, -0.2) is 9.37 Å². The summed E-state index contributed by atoms with van der Waals surface area (Å²) in [6.45, 7) is 20.2. The van der Waals surface area contributed by atoms with Crippen molar-refractivity contribution >= 4 is 23.3 Å². The van der Waals surface area contributed by atoms with E-state index < -0.39 is 18.0 Å². The number of halogens is 1. The van der Waals surface area contributed by atoms with Gasteiger partial charge in [0.1, 0.15) is 22.9 Å². The number of ether oxygens (including phenoxy) is 3. The number of aromatic nitrogens is 1. The first-order chi connectivity index (χ1) is 29.7. The third kappa shape index (κ3) is 15.4. The van der Waals surface area contributed by atoms with Gasteiger partial charge >= 0.3 is 0 Å². The Morgan fingerprint density at radius 1 is 0.903 bits per heavy atom. The molecule has 0 radical (unpaired) electrons. The zero-order valence-corrected chi connectivity index (χ0v) is 37.9. The molecule has 0 unspecified atom stereocenters. The molecule has 338 valence electrons. The van der Waals surface area contributed by atoms with Crippen LogP contribution < -0.4 is 9.64 Å². The van der Waals surface area contributed by atoms with Crippen LogP contribution in [0.1, 0.15) is 64.3 Å². The van der Waals surface area contributed by atoms with E-state index in [9.17, 15) is 9.59 Å². The average molecular weight is 857 g/mol. The summed E-state index contributed by atoms with van der Waals surface area (Å²) < 4.78 is 33.4. The van der Waals surface area contributed by atoms with E-state index in [1.54, 1.807) is 21.9 Å². The molecule has 1 amide bonds. The fourth-order valence-corrected chi connectivity index (χ4v) is 8.01. The molecule has 2 aliphatic heterocycles. The highest BCUT2D eigenvalue weighted by molar-refractivity contribution is 5.89. The number of nitrogens with zero attached hydrogens (tertiary/aromatic N) is 6. The number of aryl methyl sites for hydroxylation is 1. The third-order valence-electron chi connectivity index (χ3n) is 11.2. The molecule has 2 fully saturated rings. The molecule has 62 heavy (non-hydrogen) atoms. The van der Waals surface area contributed by atoms with E-state index in [2.05, 4.69) is 23.4 Å². The van der Waals surface area contributed by atoms with Crippen LogP contribution in [0.5, 0.6) is 5.75 Å². The van der Waals surface area contributed by atoms with Gasteiger partial charge in [0.15, 0.2) is 17.9 Å². The van der Waals surface area contributed by atoms with Crippen molar-refractivity contribution < 1.29 is 33.0 Å². The fraction of sp³-hybridized carbons (Fsp3) is 0.551. The number of carbonyl (C=O) groups is 3. The zero-order valence-electron chi connectivity index (χ0n) is 37.9. The summed E-state index contributed by atoms with van der Waals surface area (Å²) in [5.74, 6) is -0.637. The number of Topliss-reactive ketones (excluding diaryl/α,β-unsaturated/α-hetero) is 2. The number of hydrogen-bond donors (Lipinski definition) is 0. The van der Waals surface area contributed by atoms with Crippen LogP contribution in [0, 0.1) is 11.7 Å². The first-order valence-electron chi connectivity index (χ1n) is 22.3. The van der Waals surface area contributed by atoms with Crippen molar-refractivity contribution in [1.82, 2.24) is 24.6 Å². The highest BCUT2D eigenvalue weighted by Crippen LogP contribution is 2.27. The Morgan fingerprint density at radius 2 is 1.56 bits per heavy atom. The lowest BCUT2D eigenvalue weighted by molar-refractivity contribution is -0.162. The molecule has 0 spiro atoms. The largest absolute Gasteiger partial charge is 0.488 e. The molecule has 0 bridgehead atoms. The van der Waals surface area contributed by atoms with Gasteiger partial charge in [-0.1, -0.05) is 48.5 Å². The quantitative estimate of drug-likeness (QED) is 0.0733. The van der Waals surface area contributed by atoms with Gasteiger partial charge in [-0.3, -0.25) is 24.2 Å². The first-order valence-corrected chi connectivity index (χ1v) is 22.3. The van der Waals surface area contributed by atoms with Crippen LogP contribution in [-0.4, -0.2) is 146 Å². The minimum Gasteiger partial charge on any atom is -0.488 e.